The van der Waals surface area contributed by atoms with Gasteiger partial charge >= 0.3 is 0 Å². The Balaban J connectivity index is 1.43. The van der Waals surface area contributed by atoms with Gasteiger partial charge in [0.2, 0.25) is 0 Å². The molecule has 8 nitrogen and oxygen atoms in total. The standard InChI is InChI=1S/C17H24N6O2S/c1-13-2-3-16(19-11-13)23-15(18)10-17(20-23)22-7-5-21(6-8-22)14-4-9-26(24,25)12-14/h2-3,10-11,14H,4-9,12,18H2,1H3. The predicted octanol–water partition coefficient (Wildman–Crippen LogP) is 0.467. The van der Waals surface area contributed by atoms with E-state index in [1.54, 1.807) is 10.9 Å². The van der Waals surface area contributed by atoms with Gasteiger partial charge < -0.3 is 10.6 Å². The molecule has 2 fully saturated rings. The van der Waals surface area contributed by atoms with Crippen molar-refractivity contribution in [3.05, 3.63) is 30.0 Å². The van der Waals surface area contributed by atoms with Crippen LogP contribution in [0.1, 0.15) is 12.0 Å². The second-order valence-corrected chi connectivity index (χ2v) is 9.34. The Morgan fingerprint density at radius 1 is 1.15 bits per heavy atom. The third-order valence-corrected chi connectivity index (χ3v) is 6.95. The topological polar surface area (TPSA) is 97.4 Å². The Morgan fingerprint density at radius 3 is 2.54 bits per heavy atom. The summed E-state index contributed by atoms with van der Waals surface area (Å²) in [7, 11) is -2.84. The summed E-state index contributed by atoms with van der Waals surface area (Å²) in [5, 5.41) is 4.62. The van der Waals surface area contributed by atoms with Crippen LogP contribution in [-0.2, 0) is 9.84 Å². The van der Waals surface area contributed by atoms with Gasteiger partial charge in [-0.25, -0.2) is 13.4 Å². The zero-order valence-electron chi connectivity index (χ0n) is 14.9. The lowest BCUT2D eigenvalue weighted by molar-refractivity contribution is 0.200. The summed E-state index contributed by atoms with van der Waals surface area (Å²) >= 11 is 0. The molecule has 0 saturated carbocycles. The average Bonchev–Trinajstić information content (AvgIpc) is 3.18. The number of hydrogen-bond donors (Lipinski definition) is 1. The molecule has 0 bridgehead atoms. The van der Waals surface area contributed by atoms with Crippen molar-refractivity contribution < 1.29 is 8.42 Å². The van der Waals surface area contributed by atoms with Gasteiger partial charge in [0.1, 0.15) is 5.82 Å². The van der Waals surface area contributed by atoms with E-state index in [4.69, 9.17) is 5.73 Å². The lowest BCUT2D eigenvalue weighted by atomic mass is 10.2. The highest BCUT2D eigenvalue weighted by atomic mass is 32.2. The number of pyridine rings is 1. The molecular formula is C17H24N6O2S. The van der Waals surface area contributed by atoms with E-state index >= 15 is 0 Å². The maximum atomic E-state index is 11.7. The number of nitrogens with zero attached hydrogens (tertiary/aromatic N) is 5. The van der Waals surface area contributed by atoms with Crippen LogP contribution in [0.4, 0.5) is 11.6 Å². The van der Waals surface area contributed by atoms with Gasteiger partial charge in [-0.05, 0) is 25.0 Å². The summed E-state index contributed by atoms with van der Waals surface area (Å²) in [5.41, 5.74) is 7.22. The molecule has 2 aliphatic heterocycles. The van der Waals surface area contributed by atoms with Gasteiger partial charge in [0.05, 0.1) is 11.5 Å². The molecule has 2 aromatic rings. The van der Waals surface area contributed by atoms with E-state index in [-0.39, 0.29) is 6.04 Å². The fraction of sp³-hybridized carbons (Fsp3) is 0.529. The Morgan fingerprint density at radius 2 is 1.92 bits per heavy atom. The zero-order chi connectivity index (χ0) is 18.3. The third-order valence-electron chi connectivity index (χ3n) is 5.20. The Hall–Kier alpha value is -2.13. The molecule has 4 heterocycles. The van der Waals surface area contributed by atoms with Crippen LogP contribution >= 0.6 is 0 Å². The fourth-order valence-electron chi connectivity index (χ4n) is 3.69. The van der Waals surface area contributed by atoms with Crippen LogP contribution in [0.5, 0.6) is 0 Å². The first kappa shape index (κ1) is 17.3. The highest BCUT2D eigenvalue weighted by molar-refractivity contribution is 7.91. The molecule has 2 N–H and O–H groups in total. The molecule has 0 aromatic carbocycles. The first-order chi connectivity index (χ1) is 12.4. The number of nitrogen functional groups attached to an aromatic ring is 1. The van der Waals surface area contributed by atoms with Crippen molar-refractivity contribution in [2.24, 2.45) is 0 Å². The molecule has 9 heteroatoms. The summed E-state index contributed by atoms with van der Waals surface area (Å²) in [6.07, 6.45) is 2.55. The minimum atomic E-state index is -2.84. The van der Waals surface area contributed by atoms with Gasteiger partial charge in [-0.2, -0.15) is 4.68 Å². The van der Waals surface area contributed by atoms with Crippen LogP contribution < -0.4 is 10.6 Å². The number of aromatic nitrogens is 3. The van der Waals surface area contributed by atoms with Crippen LogP contribution in [0.15, 0.2) is 24.4 Å². The quantitative estimate of drug-likeness (QED) is 0.831. The number of anilines is 2. The van der Waals surface area contributed by atoms with Crippen LogP contribution in [0.25, 0.3) is 5.82 Å². The molecule has 0 radical (unpaired) electrons. The van der Waals surface area contributed by atoms with Gasteiger partial charge in [-0.15, -0.1) is 5.10 Å². The fourth-order valence-corrected chi connectivity index (χ4v) is 5.45. The van der Waals surface area contributed by atoms with Gasteiger partial charge in [0.15, 0.2) is 21.5 Å². The van der Waals surface area contributed by atoms with Gasteiger partial charge in [-0.1, -0.05) is 6.07 Å². The molecule has 0 aliphatic carbocycles. The smallest absolute Gasteiger partial charge is 0.155 e. The normalized spacial score (nSPS) is 23.4. The highest BCUT2D eigenvalue weighted by Crippen LogP contribution is 2.23. The molecular weight excluding hydrogens is 352 g/mol. The van der Waals surface area contributed by atoms with Crippen molar-refractivity contribution in [2.45, 2.75) is 19.4 Å². The number of aryl methyl sites for hydroxylation is 1. The van der Waals surface area contributed by atoms with E-state index in [0.717, 1.165) is 44.0 Å². The predicted molar refractivity (Wildman–Crippen MR) is 101 cm³/mol. The Kier molecular flexibility index (Phi) is 4.36. The van der Waals surface area contributed by atoms with Gasteiger partial charge in [-0.3, -0.25) is 4.90 Å². The lowest BCUT2D eigenvalue weighted by Crippen LogP contribution is -2.50. The number of piperazine rings is 1. The highest BCUT2D eigenvalue weighted by Gasteiger charge is 2.34. The molecule has 1 atom stereocenters. The van der Waals surface area contributed by atoms with Crippen LogP contribution in [0.2, 0.25) is 0 Å². The van der Waals surface area contributed by atoms with Crippen molar-refractivity contribution in [3.63, 3.8) is 0 Å². The zero-order valence-corrected chi connectivity index (χ0v) is 15.7. The second-order valence-electron chi connectivity index (χ2n) is 7.11. The molecule has 140 valence electrons. The Bertz CT molecular complexity index is 884. The minimum Gasteiger partial charge on any atom is -0.383 e. The molecule has 0 amide bonds. The summed E-state index contributed by atoms with van der Waals surface area (Å²) in [6.45, 7) is 5.30. The van der Waals surface area contributed by atoms with E-state index in [2.05, 4.69) is 19.9 Å². The SMILES string of the molecule is Cc1ccc(-n2nc(N3CCN(C4CCS(=O)(=O)C4)CC3)cc2N)nc1. The third kappa shape index (κ3) is 3.41. The van der Waals surface area contributed by atoms with Crippen molar-refractivity contribution in [2.75, 3.05) is 48.3 Å². The molecule has 2 aromatic heterocycles. The van der Waals surface area contributed by atoms with Crippen molar-refractivity contribution in [1.82, 2.24) is 19.7 Å². The number of nitrogens with two attached hydrogens (primary N) is 1. The monoisotopic (exact) mass is 376 g/mol. The van der Waals surface area contributed by atoms with Crippen molar-refractivity contribution >= 4 is 21.5 Å². The average molecular weight is 376 g/mol. The molecule has 0 spiro atoms. The summed E-state index contributed by atoms with van der Waals surface area (Å²) in [4.78, 5) is 8.87. The van der Waals surface area contributed by atoms with Crippen molar-refractivity contribution in [1.29, 1.82) is 0 Å². The Labute approximate surface area is 153 Å². The summed E-state index contributed by atoms with van der Waals surface area (Å²) in [5.74, 6) is 2.72. The van der Waals surface area contributed by atoms with E-state index < -0.39 is 9.84 Å². The first-order valence-electron chi connectivity index (χ1n) is 8.89. The number of sulfone groups is 1. The minimum absolute atomic E-state index is 0.168. The summed E-state index contributed by atoms with van der Waals surface area (Å²) < 4.78 is 25.0. The van der Waals surface area contributed by atoms with Crippen molar-refractivity contribution in [3.8, 4) is 5.82 Å². The largest absolute Gasteiger partial charge is 0.383 e. The lowest BCUT2D eigenvalue weighted by Gasteiger charge is -2.37. The molecule has 1 unspecified atom stereocenters. The van der Waals surface area contributed by atoms with E-state index in [1.165, 1.54) is 0 Å². The van der Waals surface area contributed by atoms with Crippen LogP contribution in [0.3, 0.4) is 0 Å². The second kappa shape index (κ2) is 6.55. The van der Waals surface area contributed by atoms with Crippen LogP contribution in [-0.4, -0.2) is 71.8 Å². The number of hydrogen-bond acceptors (Lipinski definition) is 7. The van der Waals surface area contributed by atoms with Gasteiger partial charge in [0.25, 0.3) is 0 Å². The van der Waals surface area contributed by atoms with E-state index in [1.807, 2.05) is 25.1 Å². The van der Waals surface area contributed by atoms with E-state index in [0.29, 0.717) is 23.1 Å². The molecule has 26 heavy (non-hydrogen) atoms. The van der Waals surface area contributed by atoms with Crippen LogP contribution in [0, 0.1) is 6.92 Å². The van der Waals surface area contributed by atoms with E-state index in [9.17, 15) is 8.42 Å². The molecule has 2 saturated heterocycles. The molecule has 2 aliphatic rings. The first-order valence-corrected chi connectivity index (χ1v) is 10.7. The maximum absolute atomic E-state index is 11.7. The maximum Gasteiger partial charge on any atom is 0.155 e. The number of rotatable bonds is 3. The summed E-state index contributed by atoms with van der Waals surface area (Å²) in [6, 6.07) is 5.93. The van der Waals surface area contributed by atoms with Gasteiger partial charge in [0, 0.05) is 44.5 Å². The molecule has 4 rings (SSSR count).